The second-order valence-corrected chi connectivity index (χ2v) is 5.43. The highest BCUT2D eigenvalue weighted by Gasteiger charge is 2.21. The van der Waals surface area contributed by atoms with E-state index in [0.29, 0.717) is 29.6 Å². The van der Waals surface area contributed by atoms with Crippen molar-refractivity contribution in [3.05, 3.63) is 52.1 Å². The summed E-state index contributed by atoms with van der Waals surface area (Å²) in [6.07, 6.45) is 0.532. The van der Waals surface area contributed by atoms with Gasteiger partial charge in [0.15, 0.2) is 0 Å². The quantitative estimate of drug-likeness (QED) is 0.317. The van der Waals surface area contributed by atoms with Crippen LogP contribution in [0.3, 0.4) is 0 Å². The van der Waals surface area contributed by atoms with Crippen LogP contribution in [-0.4, -0.2) is 28.2 Å². The molecule has 0 aliphatic carbocycles. The van der Waals surface area contributed by atoms with Gasteiger partial charge in [-0.3, -0.25) is 10.1 Å². The Morgan fingerprint density at radius 3 is 2.75 bits per heavy atom. The molecule has 1 heterocycles. The standard InChI is InChI=1S/C17H17N3O3.ClH/c1-11-9-15(18-7-4-8-21)17(20(22)23)13-10-12-5-2-3-6-14(12)19-16(11)13;/h2-3,5-6,9-10,18,21H,4,7-8H2,1H3;1H. The molecule has 0 fully saturated rings. The maximum atomic E-state index is 11.6. The van der Waals surface area contributed by atoms with E-state index in [1.807, 2.05) is 37.3 Å². The fraction of sp³-hybridized carbons (Fsp3) is 0.235. The highest BCUT2D eigenvalue weighted by atomic mass is 35.5. The topological polar surface area (TPSA) is 88.3 Å². The van der Waals surface area contributed by atoms with E-state index in [9.17, 15) is 10.1 Å². The number of anilines is 1. The Morgan fingerprint density at radius 2 is 2.04 bits per heavy atom. The summed E-state index contributed by atoms with van der Waals surface area (Å²) in [4.78, 5) is 15.8. The van der Waals surface area contributed by atoms with Gasteiger partial charge in [0.1, 0.15) is 5.69 Å². The van der Waals surface area contributed by atoms with Gasteiger partial charge in [-0.15, -0.1) is 12.4 Å². The Balaban J connectivity index is 0.00000208. The number of rotatable bonds is 5. The van der Waals surface area contributed by atoms with Gasteiger partial charge in [-0.05, 0) is 37.1 Å². The number of hydrogen-bond donors (Lipinski definition) is 2. The van der Waals surface area contributed by atoms with Crippen LogP contribution in [0.15, 0.2) is 36.4 Å². The number of hydrogen-bond acceptors (Lipinski definition) is 5. The third kappa shape index (κ3) is 3.25. The Bertz CT molecular complexity index is 899. The van der Waals surface area contributed by atoms with Crippen molar-refractivity contribution < 1.29 is 10.0 Å². The molecule has 0 saturated heterocycles. The number of aromatic nitrogens is 1. The average molecular weight is 348 g/mol. The van der Waals surface area contributed by atoms with Crippen LogP contribution in [0.5, 0.6) is 0 Å². The highest BCUT2D eigenvalue weighted by molar-refractivity contribution is 6.02. The molecule has 2 N–H and O–H groups in total. The van der Waals surface area contributed by atoms with E-state index in [1.54, 1.807) is 6.07 Å². The number of pyridine rings is 1. The van der Waals surface area contributed by atoms with E-state index < -0.39 is 0 Å². The molecule has 0 unspecified atom stereocenters. The summed E-state index contributed by atoms with van der Waals surface area (Å²) >= 11 is 0. The number of para-hydroxylation sites is 1. The molecule has 1 aromatic heterocycles. The summed E-state index contributed by atoms with van der Waals surface area (Å²) in [5.74, 6) is 0. The summed E-state index contributed by atoms with van der Waals surface area (Å²) in [6, 6.07) is 11.1. The molecule has 3 aromatic rings. The average Bonchev–Trinajstić information content (AvgIpc) is 2.53. The van der Waals surface area contributed by atoms with Gasteiger partial charge in [0, 0.05) is 18.5 Å². The smallest absolute Gasteiger partial charge is 0.301 e. The van der Waals surface area contributed by atoms with Crippen LogP contribution in [0.2, 0.25) is 0 Å². The summed E-state index contributed by atoms with van der Waals surface area (Å²) in [6.45, 7) is 2.41. The Hall–Kier alpha value is -2.44. The van der Waals surface area contributed by atoms with Gasteiger partial charge in [-0.1, -0.05) is 18.2 Å². The summed E-state index contributed by atoms with van der Waals surface area (Å²) in [7, 11) is 0. The first-order valence-electron chi connectivity index (χ1n) is 7.44. The Labute approximate surface area is 145 Å². The first-order chi connectivity index (χ1) is 11.1. The summed E-state index contributed by atoms with van der Waals surface area (Å²) < 4.78 is 0. The number of nitrogens with zero attached hydrogens (tertiary/aromatic N) is 2. The molecule has 0 atom stereocenters. The number of fused-ring (bicyclic) bond motifs is 2. The Kier molecular flexibility index (Phi) is 5.54. The third-order valence-electron chi connectivity index (χ3n) is 3.80. The predicted octanol–water partition coefficient (Wildman–Crippen LogP) is 3.82. The van der Waals surface area contributed by atoms with Gasteiger partial charge in [-0.25, -0.2) is 4.98 Å². The number of nitrogens with one attached hydrogen (secondary N) is 1. The number of aliphatic hydroxyl groups excluding tert-OH is 1. The number of aliphatic hydroxyl groups is 1. The van der Waals surface area contributed by atoms with E-state index in [4.69, 9.17) is 5.11 Å². The largest absolute Gasteiger partial charge is 0.396 e. The lowest BCUT2D eigenvalue weighted by Gasteiger charge is -2.11. The minimum atomic E-state index is -0.375. The van der Waals surface area contributed by atoms with Crippen molar-refractivity contribution in [2.24, 2.45) is 0 Å². The second-order valence-electron chi connectivity index (χ2n) is 5.43. The molecule has 0 bridgehead atoms. The van der Waals surface area contributed by atoms with Crippen molar-refractivity contribution in [3.63, 3.8) is 0 Å². The predicted molar refractivity (Wildman–Crippen MR) is 98.1 cm³/mol. The lowest BCUT2D eigenvalue weighted by molar-refractivity contribution is -0.382. The summed E-state index contributed by atoms with van der Waals surface area (Å²) in [5, 5.41) is 24.9. The molecule has 0 radical (unpaired) electrons. The van der Waals surface area contributed by atoms with Crippen molar-refractivity contribution in [2.45, 2.75) is 13.3 Å². The lowest BCUT2D eigenvalue weighted by Crippen LogP contribution is -2.07. The number of nitro groups is 1. The van der Waals surface area contributed by atoms with Gasteiger partial charge in [-0.2, -0.15) is 0 Å². The molecule has 0 aliphatic rings. The maximum absolute atomic E-state index is 11.6. The van der Waals surface area contributed by atoms with Gasteiger partial charge < -0.3 is 10.4 Å². The van der Waals surface area contributed by atoms with Crippen LogP contribution in [-0.2, 0) is 0 Å². The zero-order chi connectivity index (χ0) is 16.4. The van der Waals surface area contributed by atoms with E-state index in [0.717, 1.165) is 16.5 Å². The molecule has 6 nitrogen and oxygen atoms in total. The maximum Gasteiger partial charge on any atom is 0.301 e. The van der Waals surface area contributed by atoms with E-state index in [-0.39, 0.29) is 29.6 Å². The fourth-order valence-electron chi connectivity index (χ4n) is 2.73. The zero-order valence-electron chi connectivity index (χ0n) is 13.2. The lowest BCUT2D eigenvalue weighted by atomic mass is 10.0. The Morgan fingerprint density at radius 1 is 1.29 bits per heavy atom. The molecule has 7 heteroatoms. The van der Waals surface area contributed by atoms with Crippen molar-refractivity contribution in [1.29, 1.82) is 0 Å². The van der Waals surface area contributed by atoms with Crippen LogP contribution in [0.1, 0.15) is 12.0 Å². The molecular weight excluding hydrogens is 330 g/mol. The van der Waals surface area contributed by atoms with Gasteiger partial charge in [0.05, 0.1) is 21.3 Å². The highest BCUT2D eigenvalue weighted by Crippen LogP contribution is 2.36. The molecule has 0 aliphatic heterocycles. The minimum absolute atomic E-state index is 0. The van der Waals surface area contributed by atoms with Crippen LogP contribution in [0, 0.1) is 17.0 Å². The molecule has 3 rings (SSSR count). The first kappa shape index (κ1) is 17.9. The fourth-order valence-corrected chi connectivity index (χ4v) is 2.73. The van der Waals surface area contributed by atoms with Crippen LogP contribution in [0.4, 0.5) is 11.4 Å². The number of aryl methyl sites for hydroxylation is 1. The van der Waals surface area contributed by atoms with Crippen molar-refractivity contribution in [1.82, 2.24) is 4.98 Å². The van der Waals surface area contributed by atoms with Crippen molar-refractivity contribution in [2.75, 3.05) is 18.5 Å². The van der Waals surface area contributed by atoms with Crippen LogP contribution in [0.25, 0.3) is 21.8 Å². The SMILES string of the molecule is Cc1cc(NCCCO)c([N+](=O)[O-])c2cc3ccccc3nc12.Cl. The molecular formula is C17H18ClN3O3. The molecule has 0 saturated carbocycles. The van der Waals surface area contributed by atoms with Crippen molar-refractivity contribution in [3.8, 4) is 0 Å². The molecule has 126 valence electrons. The molecule has 0 spiro atoms. The zero-order valence-corrected chi connectivity index (χ0v) is 14.0. The van der Waals surface area contributed by atoms with Gasteiger partial charge >= 0.3 is 5.69 Å². The van der Waals surface area contributed by atoms with E-state index >= 15 is 0 Å². The third-order valence-corrected chi connectivity index (χ3v) is 3.80. The summed E-state index contributed by atoms with van der Waals surface area (Å²) in [5.41, 5.74) is 2.83. The van der Waals surface area contributed by atoms with E-state index in [2.05, 4.69) is 10.3 Å². The monoisotopic (exact) mass is 347 g/mol. The number of halogens is 1. The van der Waals surface area contributed by atoms with Crippen LogP contribution >= 0.6 is 12.4 Å². The molecule has 24 heavy (non-hydrogen) atoms. The molecule has 0 amide bonds. The van der Waals surface area contributed by atoms with E-state index in [1.165, 1.54) is 0 Å². The number of nitro benzene ring substituents is 1. The van der Waals surface area contributed by atoms with Crippen LogP contribution < -0.4 is 5.32 Å². The molecule has 2 aromatic carbocycles. The first-order valence-corrected chi connectivity index (χ1v) is 7.44. The minimum Gasteiger partial charge on any atom is -0.396 e. The second kappa shape index (κ2) is 7.42. The van der Waals surface area contributed by atoms with Gasteiger partial charge in [0.25, 0.3) is 0 Å². The normalized spacial score (nSPS) is 10.6. The number of benzene rings is 2. The van der Waals surface area contributed by atoms with Crippen molar-refractivity contribution >= 4 is 45.6 Å². The van der Waals surface area contributed by atoms with Gasteiger partial charge in [0.2, 0.25) is 0 Å².